The normalized spacial score (nSPS) is 12.4. The van der Waals surface area contributed by atoms with Crippen molar-refractivity contribution in [3.8, 4) is 5.75 Å². The number of halogens is 1. The van der Waals surface area contributed by atoms with Crippen LogP contribution in [-0.4, -0.2) is 21.9 Å². The first-order valence-electron chi connectivity index (χ1n) is 5.57. The number of hydrogen-bond donors (Lipinski definition) is 1. The molecule has 0 saturated carbocycles. The molecule has 6 heteroatoms. The Morgan fingerprint density at radius 3 is 2.89 bits per heavy atom. The fraction of sp³-hybridized carbons (Fsp3) is 0.333. The van der Waals surface area contributed by atoms with Gasteiger partial charge in [0, 0.05) is 4.47 Å². The van der Waals surface area contributed by atoms with Gasteiger partial charge in [-0.05, 0) is 30.7 Å². The van der Waals surface area contributed by atoms with E-state index in [2.05, 4.69) is 26.0 Å². The van der Waals surface area contributed by atoms with Crippen molar-refractivity contribution in [1.29, 1.82) is 0 Å². The van der Waals surface area contributed by atoms with Crippen LogP contribution in [0.3, 0.4) is 0 Å². The highest BCUT2D eigenvalue weighted by Crippen LogP contribution is 2.23. The average molecular weight is 311 g/mol. The first-order valence-corrected chi connectivity index (χ1v) is 6.37. The van der Waals surface area contributed by atoms with E-state index in [1.165, 1.54) is 0 Å². The quantitative estimate of drug-likeness (QED) is 0.939. The molecule has 96 valence electrons. The van der Waals surface area contributed by atoms with E-state index >= 15 is 0 Å². The van der Waals surface area contributed by atoms with Gasteiger partial charge in [0.1, 0.15) is 12.1 Å². The van der Waals surface area contributed by atoms with Crippen LogP contribution in [0.1, 0.15) is 24.4 Å². The van der Waals surface area contributed by atoms with Gasteiger partial charge in [-0.1, -0.05) is 15.9 Å². The van der Waals surface area contributed by atoms with E-state index in [1.54, 1.807) is 18.1 Å². The Bertz CT molecular complexity index is 539. The summed E-state index contributed by atoms with van der Waals surface area (Å²) in [5, 5.41) is 4.32. The van der Waals surface area contributed by atoms with Crippen LogP contribution in [0.15, 0.2) is 29.0 Å². The highest BCUT2D eigenvalue weighted by molar-refractivity contribution is 9.10. The Hall–Kier alpha value is -1.40. The van der Waals surface area contributed by atoms with Gasteiger partial charge < -0.3 is 10.5 Å². The molecule has 1 unspecified atom stereocenters. The highest BCUT2D eigenvalue weighted by Gasteiger charge is 2.08. The van der Waals surface area contributed by atoms with Gasteiger partial charge in [-0.25, -0.2) is 9.67 Å². The minimum Gasteiger partial charge on any atom is -0.497 e. The van der Waals surface area contributed by atoms with Gasteiger partial charge in [0.2, 0.25) is 0 Å². The number of hydrogen-bond acceptors (Lipinski definition) is 4. The maximum Gasteiger partial charge on any atom is 0.166 e. The van der Waals surface area contributed by atoms with E-state index in [1.807, 2.05) is 25.1 Å². The van der Waals surface area contributed by atoms with Gasteiger partial charge in [0.25, 0.3) is 0 Å². The van der Waals surface area contributed by atoms with Crippen LogP contribution in [0.5, 0.6) is 5.75 Å². The summed E-state index contributed by atoms with van der Waals surface area (Å²) in [6, 6.07) is 5.68. The number of rotatable bonds is 4. The van der Waals surface area contributed by atoms with Gasteiger partial charge in [-0.3, -0.25) is 0 Å². The molecule has 1 aromatic carbocycles. The molecule has 1 aromatic heterocycles. The van der Waals surface area contributed by atoms with Crippen LogP contribution in [0.4, 0.5) is 0 Å². The maximum atomic E-state index is 5.73. The fourth-order valence-electron chi connectivity index (χ4n) is 1.57. The molecule has 0 aliphatic carbocycles. The summed E-state index contributed by atoms with van der Waals surface area (Å²) in [5.74, 6) is 1.47. The smallest absolute Gasteiger partial charge is 0.166 e. The van der Waals surface area contributed by atoms with Crippen LogP contribution in [-0.2, 0) is 6.54 Å². The van der Waals surface area contributed by atoms with Crippen molar-refractivity contribution in [1.82, 2.24) is 14.8 Å². The summed E-state index contributed by atoms with van der Waals surface area (Å²) < 4.78 is 7.98. The van der Waals surface area contributed by atoms with Crippen molar-refractivity contribution in [3.05, 3.63) is 40.4 Å². The number of ether oxygens (including phenoxy) is 1. The molecule has 2 N–H and O–H groups in total. The number of benzene rings is 1. The van der Waals surface area contributed by atoms with Crippen LogP contribution < -0.4 is 10.5 Å². The minimum absolute atomic E-state index is 0.153. The zero-order valence-corrected chi connectivity index (χ0v) is 11.9. The van der Waals surface area contributed by atoms with Gasteiger partial charge in [0.15, 0.2) is 5.82 Å². The summed E-state index contributed by atoms with van der Waals surface area (Å²) in [6.07, 6.45) is 1.69. The molecule has 2 aromatic rings. The minimum atomic E-state index is -0.153. The van der Waals surface area contributed by atoms with Gasteiger partial charge in [-0.2, -0.15) is 5.10 Å². The van der Waals surface area contributed by atoms with Gasteiger partial charge >= 0.3 is 0 Å². The van der Waals surface area contributed by atoms with E-state index in [-0.39, 0.29) is 6.04 Å². The van der Waals surface area contributed by atoms with E-state index < -0.39 is 0 Å². The molecule has 1 heterocycles. The third-order valence-electron chi connectivity index (χ3n) is 2.55. The predicted octanol–water partition coefficient (Wildman–Crippen LogP) is 2.12. The lowest BCUT2D eigenvalue weighted by Gasteiger charge is -2.07. The molecule has 0 aliphatic heterocycles. The first kappa shape index (κ1) is 13.0. The molecule has 5 nitrogen and oxygen atoms in total. The highest BCUT2D eigenvalue weighted by atomic mass is 79.9. The Balaban J connectivity index is 2.22. The van der Waals surface area contributed by atoms with Crippen LogP contribution in [0.25, 0.3) is 0 Å². The van der Waals surface area contributed by atoms with Crippen LogP contribution in [0.2, 0.25) is 0 Å². The Labute approximate surface area is 114 Å². The van der Waals surface area contributed by atoms with Crippen molar-refractivity contribution in [2.45, 2.75) is 19.5 Å². The molecule has 0 bridgehead atoms. The lowest BCUT2D eigenvalue weighted by Crippen LogP contribution is -2.09. The van der Waals surface area contributed by atoms with Crippen molar-refractivity contribution in [3.63, 3.8) is 0 Å². The summed E-state index contributed by atoms with van der Waals surface area (Å²) in [5.41, 5.74) is 6.81. The molecule has 0 spiro atoms. The standard InChI is InChI=1S/C12H15BrN4O/c1-8(14)12-15-7-17(16-12)6-9-5-10(18-2)3-4-11(9)13/h3-5,7-8H,6,14H2,1-2H3. The number of aromatic nitrogens is 3. The lowest BCUT2D eigenvalue weighted by molar-refractivity contribution is 0.414. The predicted molar refractivity (Wildman–Crippen MR) is 72.4 cm³/mol. The molecule has 0 radical (unpaired) electrons. The third kappa shape index (κ3) is 2.88. The Kier molecular flexibility index (Phi) is 3.98. The van der Waals surface area contributed by atoms with E-state index in [4.69, 9.17) is 10.5 Å². The largest absolute Gasteiger partial charge is 0.497 e. The molecule has 0 saturated heterocycles. The first-order chi connectivity index (χ1) is 8.60. The zero-order chi connectivity index (χ0) is 13.1. The molecular formula is C12H15BrN4O. The summed E-state index contributed by atoms with van der Waals surface area (Å²) >= 11 is 3.51. The molecule has 0 amide bonds. The van der Waals surface area contributed by atoms with E-state index in [9.17, 15) is 0 Å². The molecule has 2 rings (SSSR count). The Morgan fingerprint density at radius 1 is 1.50 bits per heavy atom. The molecular weight excluding hydrogens is 296 g/mol. The second-order valence-corrected chi connectivity index (χ2v) is 4.90. The second-order valence-electron chi connectivity index (χ2n) is 4.05. The lowest BCUT2D eigenvalue weighted by atomic mass is 10.2. The van der Waals surface area contributed by atoms with E-state index in [0.717, 1.165) is 15.8 Å². The van der Waals surface area contributed by atoms with Gasteiger partial charge in [0.05, 0.1) is 19.7 Å². The van der Waals surface area contributed by atoms with E-state index in [0.29, 0.717) is 12.4 Å². The maximum absolute atomic E-state index is 5.73. The molecule has 0 aliphatic rings. The number of nitrogens with zero attached hydrogens (tertiary/aromatic N) is 3. The fourth-order valence-corrected chi connectivity index (χ4v) is 1.94. The summed E-state index contributed by atoms with van der Waals surface area (Å²) in [4.78, 5) is 4.16. The third-order valence-corrected chi connectivity index (χ3v) is 3.32. The SMILES string of the molecule is COc1ccc(Br)c(Cn2cnc(C(C)N)n2)c1. The van der Waals surface area contributed by atoms with Crippen LogP contribution >= 0.6 is 15.9 Å². The monoisotopic (exact) mass is 310 g/mol. The van der Waals surface area contributed by atoms with Crippen LogP contribution in [0, 0.1) is 0 Å². The zero-order valence-electron chi connectivity index (χ0n) is 10.3. The van der Waals surface area contributed by atoms with Crippen molar-refractivity contribution in [2.75, 3.05) is 7.11 Å². The second kappa shape index (κ2) is 5.49. The average Bonchev–Trinajstić information content (AvgIpc) is 2.81. The van der Waals surface area contributed by atoms with Crippen molar-refractivity contribution in [2.24, 2.45) is 5.73 Å². The summed E-state index contributed by atoms with van der Waals surface area (Å²) in [7, 11) is 1.65. The topological polar surface area (TPSA) is 66.0 Å². The number of methoxy groups -OCH3 is 1. The number of nitrogens with two attached hydrogens (primary N) is 1. The molecule has 0 fully saturated rings. The van der Waals surface area contributed by atoms with Gasteiger partial charge in [-0.15, -0.1) is 0 Å². The summed E-state index contributed by atoms with van der Waals surface area (Å²) in [6.45, 7) is 2.48. The van der Waals surface area contributed by atoms with Crippen molar-refractivity contribution >= 4 is 15.9 Å². The molecule has 18 heavy (non-hydrogen) atoms. The Morgan fingerprint density at radius 2 is 2.28 bits per heavy atom. The van der Waals surface area contributed by atoms with Crippen molar-refractivity contribution < 1.29 is 4.74 Å². The molecule has 1 atom stereocenters.